The highest BCUT2D eigenvalue weighted by Gasteiger charge is 2.61. The zero-order chi connectivity index (χ0) is 19.0. The second-order valence-corrected chi connectivity index (χ2v) is 9.55. The van der Waals surface area contributed by atoms with Gasteiger partial charge in [-0.1, -0.05) is 39.2 Å². The molecule has 4 aliphatic rings. The van der Waals surface area contributed by atoms with Gasteiger partial charge >= 0.3 is 0 Å². The molecule has 0 aromatic heterocycles. The van der Waals surface area contributed by atoms with E-state index >= 15 is 0 Å². The topological polar surface area (TPSA) is 34.1 Å². The maximum absolute atomic E-state index is 12.3. The maximum atomic E-state index is 12.3. The van der Waals surface area contributed by atoms with Crippen LogP contribution in [0.4, 0.5) is 0 Å². The molecule has 4 aliphatic carbocycles. The molecule has 2 nitrogen and oxygen atoms in total. The second-order valence-electron chi connectivity index (χ2n) is 9.55. The average molecular weight is 351 g/mol. The van der Waals surface area contributed by atoms with Gasteiger partial charge in [0.1, 0.15) is 5.78 Å². The van der Waals surface area contributed by atoms with Gasteiger partial charge in [0.05, 0.1) is 0 Å². The first kappa shape index (κ1) is 17.7. The lowest BCUT2D eigenvalue weighted by atomic mass is 9.45. The summed E-state index contributed by atoms with van der Waals surface area (Å²) >= 11 is 0. The number of allylic oxidation sites excluding steroid dienone is 4. The Kier molecular flexibility index (Phi) is 3.68. The minimum atomic E-state index is -0.235. The number of carbonyl (C=O) groups is 2. The molecule has 0 amide bonds. The van der Waals surface area contributed by atoms with Crippen molar-refractivity contribution in [1.29, 1.82) is 0 Å². The highest BCUT2D eigenvalue weighted by atomic mass is 16.1. The van der Waals surface area contributed by atoms with Crippen LogP contribution >= 0.6 is 0 Å². The lowest BCUT2D eigenvalue weighted by molar-refractivity contribution is -0.127. The first-order chi connectivity index (χ1) is 12.1. The van der Waals surface area contributed by atoms with E-state index in [0.29, 0.717) is 29.1 Å². The largest absolute Gasteiger partial charge is 0.300 e. The summed E-state index contributed by atoms with van der Waals surface area (Å²) in [7, 11) is 0. The molecule has 0 radical (unpaired) electrons. The summed E-state index contributed by atoms with van der Waals surface area (Å²) in [4.78, 5) is 24.6. The predicted molar refractivity (Wildman–Crippen MR) is 104 cm³/mol. The van der Waals surface area contributed by atoms with Crippen LogP contribution in [0.1, 0.15) is 52.9 Å². The number of carbonyl (C=O) groups excluding carboxylic acids is 2. The Morgan fingerprint density at radius 2 is 1.81 bits per heavy atom. The van der Waals surface area contributed by atoms with Crippen molar-refractivity contribution in [3.8, 4) is 0 Å². The Balaban J connectivity index is 1.79. The van der Waals surface area contributed by atoms with Crippen LogP contribution in [0.5, 0.6) is 0 Å². The van der Waals surface area contributed by atoms with Crippen LogP contribution in [-0.4, -0.2) is 11.6 Å². The van der Waals surface area contributed by atoms with E-state index < -0.39 is 0 Å². The van der Waals surface area contributed by atoms with Crippen molar-refractivity contribution >= 4 is 11.6 Å². The first-order valence-electron chi connectivity index (χ1n) is 9.96. The molecule has 2 heteroatoms. The van der Waals surface area contributed by atoms with Gasteiger partial charge in [-0.2, -0.15) is 0 Å². The second kappa shape index (κ2) is 5.41. The van der Waals surface area contributed by atoms with Gasteiger partial charge in [0.15, 0.2) is 5.78 Å². The molecule has 0 unspecified atom stereocenters. The van der Waals surface area contributed by atoms with Crippen molar-refractivity contribution in [2.45, 2.75) is 52.9 Å². The van der Waals surface area contributed by atoms with Gasteiger partial charge in [-0.05, 0) is 79.4 Å². The summed E-state index contributed by atoms with van der Waals surface area (Å²) in [5, 5.41) is 0. The molecule has 0 bridgehead atoms. The van der Waals surface area contributed by atoms with Crippen LogP contribution in [0.3, 0.4) is 0 Å². The summed E-state index contributed by atoms with van der Waals surface area (Å²) in [6.07, 6.45) is 7.06. The van der Waals surface area contributed by atoms with Gasteiger partial charge in [0, 0.05) is 16.9 Å². The van der Waals surface area contributed by atoms with Gasteiger partial charge in [-0.25, -0.2) is 0 Å². The molecule has 0 aliphatic heterocycles. The van der Waals surface area contributed by atoms with Crippen molar-refractivity contribution in [2.24, 2.45) is 34.5 Å². The third-order valence-corrected chi connectivity index (χ3v) is 8.66. The summed E-state index contributed by atoms with van der Waals surface area (Å²) in [6.45, 7) is 19.1. The Hall–Kier alpha value is -1.70. The standard InChI is InChI=1S/C24H30O2/c1-13-11-17-19-8-7-18(16(4)25)23(19,5)10-9-20(17)24(6)15(3)14(2)22(26)12-21(13)24/h12,17-20H,1-3,7-11H2,4-6H3/t17-,18+,19-,20-,23+,24+/m0/s1. The number of hydrogen-bond acceptors (Lipinski definition) is 2. The normalized spacial score (nSPS) is 45.0. The van der Waals surface area contributed by atoms with E-state index in [4.69, 9.17) is 0 Å². The number of Topliss-reactive ketones (excluding diaryl/α,β-unsaturated/α-hetero) is 1. The molecule has 0 saturated heterocycles. The summed E-state index contributed by atoms with van der Waals surface area (Å²) in [5.74, 6) is 2.09. The summed E-state index contributed by atoms with van der Waals surface area (Å²) in [5.41, 5.74) is 3.51. The highest BCUT2D eigenvalue weighted by Crippen LogP contribution is 2.68. The maximum Gasteiger partial charge on any atom is 0.185 e. The molecule has 138 valence electrons. The molecule has 3 fully saturated rings. The predicted octanol–water partition coefficient (Wildman–Crippen LogP) is 5.22. The molecule has 0 spiro atoms. The zero-order valence-corrected chi connectivity index (χ0v) is 16.4. The van der Waals surface area contributed by atoms with Crippen molar-refractivity contribution in [1.82, 2.24) is 0 Å². The Bertz CT molecular complexity index is 797. The van der Waals surface area contributed by atoms with E-state index in [1.807, 2.05) is 0 Å². The molecule has 0 N–H and O–H groups in total. The van der Waals surface area contributed by atoms with Gasteiger partial charge in [-0.3, -0.25) is 9.59 Å². The van der Waals surface area contributed by atoms with E-state index in [1.165, 1.54) is 0 Å². The molecule has 0 aromatic rings. The molecule has 3 saturated carbocycles. The van der Waals surface area contributed by atoms with E-state index in [-0.39, 0.29) is 22.5 Å². The molecule has 26 heavy (non-hydrogen) atoms. The van der Waals surface area contributed by atoms with Gasteiger partial charge in [-0.15, -0.1) is 0 Å². The fourth-order valence-electron chi connectivity index (χ4n) is 7.24. The quantitative estimate of drug-likeness (QED) is 0.607. The molecule has 6 atom stereocenters. The molecule has 4 rings (SSSR count). The number of hydrogen-bond donors (Lipinski definition) is 0. The Morgan fingerprint density at radius 1 is 1.12 bits per heavy atom. The van der Waals surface area contributed by atoms with E-state index in [2.05, 4.69) is 33.6 Å². The Labute approximate surface area is 157 Å². The van der Waals surface area contributed by atoms with Gasteiger partial charge in [0.25, 0.3) is 0 Å². The molecule has 0 heterocycles. The van der Waals surface area contributed by atoms with E-state index in [1.54, 1.807) is 13.0 Å². The van der Waals surface area contributed by atoms with Crippen LogP contribution < -0.4 is 0 Å². The summed E-state index contributed by atoms with van der Waals surface area (Å²) in [6, 6.07) is 0. The molecule has 0 aromatic carbocycles. The van der Waals surface area contributed by atoms with Crippen molar-refractivity contribution in [3.63, 3.8) is 0 Å². The number of rotatable bonds is 1. The first-order valence-corrected chi connectivity index (χ1v) is 9.96. The Morgan fingerprint density at radius 3 is 2.46 bits per heavy atom. The lowest BCUT2D eigenvalue weighted by Crippen LogP contribution is -2.52. The van der Waals surface area contributed by atoms with Crippen LogP contribution in [-0.2, 0) is 9.59 Å². The van der Waals surface area contributed by atoms with Crippen LogP contribution in [0, 0.1) is 34.5 Å². The highest BCUT2D eigenvalue weighted by molar-refractivity contribution is 6.09. The SMILES string of the molecule is C=C1C[C@@H]2[C@H](CC[C@]3(C)[C@@H](C(C)=O)CC[C@@H]23)[C@@]2(C)C(=C)C(=C)C(=O)C=C12. The summed E-state index contributed by atoms with van der Waals surface area (Å²) < 4.78 is 0. The van der Waals surface area contributed by atoms with Crippen LogP contribution in [0.25, 0.3) is 0 Å². The minimum Gasteiger partial charge on any atom is -0.300 e. The third-order valence-electron chi connectivity index (χ3n) is 8.66. The van der Waals surface area contributed by atoms with Crippen molar-refractivity contribution < 1.29 is 9.59 Å². The average Bonchev–Trinajstić information content (AvgIpc) is 2.93. The van der Waals surface area contributed by atoms with Gasteiger partial charge in [0.2, 0.25) is 0 Å². The van der Waals surface area contributed by atoms with E-state index in [0.717, 1.165) is 48.8 Å². The minimum absolute atomic E-state index is 0.0137. The third kappa shape index (κ3) is 1.99. The molecular formula is C24H30O2. The van der Waals surface area contributed by atoms with E-state index in [9.17, 15) is 9.59 Å². The number of fused-ring (bicyclic) bond motifs is 5. The lowest BCUT2D eigenvalue weighted by Gasteiger charge is -2.59. The fourth-order valence-corrected chi connectivity index (χ4v) is 7.24. The van der Waals surface area contributed by atoms with Crippen molar-refractivity contribution in [3.05, 3.63) is 48.1 Å². The zero-order valence-electron chi connectivity index (χ0n) is 16.4. The van der Waals surface area contributed by atoms with Crippen LogP contribution in [0.2, 0.25) is 0 Å². The van der Waals surface area contributed by atoms with Crippen LogP contribution in [0.15, 0.2) is 48.1 Å². The molecular weight excluding hydrogens is 320 g/mol. The smallest absolute Gasteiger partial charge is 0.185 e. The van der Waals surface area contributed by atoms with Gasteiger partial charge < -0.3 is 0 Å². The monoisotopic (exact) mass is 350 g/mol. The fraction of sp³-hybridized carbons (Fsp3) is 0.583. The number of ketones is 2. The van der Waals surface area contributed by atoms with Crippen molar-refractivity contribution in [2.75, 3.05) is 0 Å².